The highest BCUT2D eigenvalue weighted by molar-refractivity contribution is 5.67. The molecule has 4 nitrogen and oxygen atoms in total. The third-order valence-electron chi connectivity index (χ3n) is 2.36. The molecule has 0 unspecified atom stereocenters. The van der Waals surface area contributed by atoms with E-state index in [-0.39, 0.29) is 6.09 Å². The van der Waals surface area contributed by atoms with Gasteiger partial charge in [0.05, 0.1) is 0 Å². The molecule has 0 aliphatic rings. The van der Waals surface area contributed by atoms with Crippen molar-refractivity contribution in [2.24, 2.45) is 0 Å². The summed E-state index contributed by atoms with van der Waals surface area (Å²) in [5.74, 6) is 0. The largest absolute Gasteiger partial charge is 0.444 e. The summed E-state index contributed by atoms with van der Waals surface area (Å²) in [4.78, 5) is 14.6. The Kier molecular flexibility index (Phi) is 9.08. The average Bonchev–Trinajstić information content (AvgIpc) is 2.24. The SMILES string of the molecule is [C-]#[N+]CCCCCCCCNC(=O)OC(C)(C)C. The Morgan fingerprint density at radius 2 is 1.67 bits per heavy atom. The molecule has 18 heavy (non-hydrogen) atoms. The normalized spacial score (nSPS) is 10.8. The van der Waals surface area contributed by atoms with Gasteiger partial charge in [-0.3, -0.25) is 0 Å². The third-order valence-corrected chi connectivity index (χ3v) is 2.36. The number of carbonyl (C=O) groups is 1. The van der Waals surface area contributed by atoms with Crippen LogP contribution in [0.2, 0.25) is 0 Å². The van der Waals surface area contributed by atoms with E-state index in [1.54, 1.807) is 0 Å². The highest BCUT2D eigenvalue weighted by atomic mass is 16.6. The fourth-order valence-corrected chi connectivity index (χ4v) is 1.53. The number of ether oxygens (including phenoxy) is 1. The van der Waals surface area contributed by atoms with Crippen LogP contribution in [0.4, 0.5) is 4.79 Å². The molecule has 4 heteroatoms. The third kappa shape index (κ3) is 12.8. The first-order valence-corrected chi connectivity index (χ1v) is 6.76. The Bertz CT molecular complexity index is 264. The molecule has 0 saturated carbocycles. The van der Waals surface area contributed by atoms with Crippen LogP contribution in [0, 0.1) is 6.57 Å². The number of alkyl carbamates (subject to hydrolysis) is 1. The molecule has 0 atom stereocenters. The molecule has 0 aromatic carbocycles. The van der Waals surface area contributed by atoms with Crippen molar-refractivity contribution < 1.29 is 9.53 Å². The van der Waals surface area contributed by atoms with Gasteiger partial charge >= 0.3 is 6.09 Å². The fraction of sp³-hybridized carbons (Fsp3) is 0.857. The molecule has 0 radical (unpaired) electrons. The minimum Gasteiger partial charge on any atom is -0.444 e. The molecule has 1 N–H and O–H groups in total. The van der Waals surface area contributed by atoms with E-state index in [4.69, 9.17) is 11.3 Å². The van der Waals surface area contributed by atoms with Crippen molar-refractivity contribution in [1.82, 2.24) is 5.32 Å². The van der Waals surface area contributed by atoms with Crippen LogP contribution in [0.15, 0.2) is 0 Å². The Balaban J connectivity index is 3.26. The van der Waals surface area contributed by atoms with Gasteiger partial charge in [-0.2, -0.15) is 0 Å². The summed E-state index contributed by atoms with van der Waals surface area (Å²) in [6.45, 7) is 13.6. The summed E-state index contributed by atoms with van der Waals surface area (Å²) in [7, 11) is 0. The summed E-state index contributed by atoms with van der Waals surface area (Å²) in [6, 6.07) is 0. The first kappa shape index (κ1) is 16.8. The average molecular weight is 254 g/mol. The van der Waals surface area contributed by atoms with Gasteiger partial charge in [0.25, 0.3) is 0 Å². The van der Waals surface area contributed by atoms with Crippen molar-refractivity contribution in [1.29, 1.82) is 0 Å². The molecule has 0 spiro atoms. The van der Waals surface area contributed by atoms with Crippen LogP contribution in [-0.2, 0) is 4.74 Å². The van der Waals surface area contributed by atoms with Crippen LogP contribution < -0.4 is 5.32 Å². The summed E-state index contributed by atoms with van der Waals surface area (Å²) < 4.78 is 5.13. The predicted octanol–water partition coefficient (Wildman–Crippen LogP) is 3.77. The summed E-state index contributed by atoms with van der Waals surface area (Å²) in [6.07, 6.45) is 6.28. The Morgan fingerprint density at radius 1 is 1.11 bits per heavy atom. The summed E-state index contributed by atoms with van der Waals surface area (Å²) in [5.41, 5.74) is -0.424. The maximum Gasteiger partial charge on any atom is 0.407 e. The Morgan fingerprint density at radius 3 is 2.22 bits per heavy atom. The van der Waals surface area contributed by atoms with E-state index in [0.717, 1.165) is 25.7 Å². The van der Waals surface area contributed by atoms with Gasteiger partial charge in [-0.1, -0.05) is 19.3 Å². The van der Waals surface area contributed by atoms with Crippen molar-refractivity contribution in [3.63, 3.8) is 0 Å². The molecule has 104 valence electrons. The second kappa shape index (κ2) is 9.76. The lowest BCUT2D eigenvalue weighted by Crippen LogP contribution is -2.32. The molecular weight excluding hydrogens is 228 g/mol. The van der Waals surface area contributed by atoms with Gasteiger partial charge in [0.2, 0.25) is 6.54 Å². The second-order valence-corrected chi connectivity index (χ2v) is 5.43. The standard InChI is InChI=1S/C14H26N2O2/c1-14(2,3)18-13(17)16-12-10-8-6-5-7-9-11-15-4/h5-12H2,1-3H3,(H,16,17). The van der Waals surface area contributed by atoms with Crippen LogP contribution >= 0.6 is 0 Å². The van der Waals surface area contributed by atoms with Crippen LogP contribution in [-0.4, -0.2) is 24.8 Å². The fourth-order valence-electron chi connectivity index (χ4n) is 1.53. The maximum atomic E-state index is 11.3. The number of rotatable bonds is 8. The van der Waals surface area contributed by atoms with Crippen molar-refractivity contribution in [2.75, 3.05) is 13.1 Å². The van der Waals surface area contributed by atoms with E-state index in [9.17, 15) is 4.79 Å². The maximum absolute atomic E-state index is 11.3. The smallest absolute Gasteiger partial charge is 0.407 e. The number of amides is 1. The van der Waals surface area contributed by atoms with E-state index in [0.29, 0.717) is 13.1 Å². The number of hydrogen-bond donors (Lipinski definition) is 1. The summed E-state index contributed by atoms with van der Waals surface area (Å²) in [5, 5.41) is 2.75. The Hall–Kier alpha value is -1.24. The molecule has 1 amide bonds. The lowest BCUT2D eigenvalue weighted by Gasteiger charge is -2.19. The van der Waals surface area contributed by atoms with Crippen molar-refractivity contribution in [2.45, 2.75) is 64.9 Å². The van der Waals surface area contributed by atoms with Gasteiger partial charge in [-0.05, 0) is 33.6 Å². The molecule has 0 aromatic rings. The Labute approximate surface area is 111 Å². The molecule has 0 fully saturated rings. The van der Waals surface area contributed by atoms with E-state index in [1.165, 1.54) is 12.8 Å². The minimum absolute atomic E-state index is 0.334. The van der Waals surface area contributed by atoms with Crippen LogP contribution in [0.5, 0.6) is 0 Å². The molecule has 0 rings (SSSR count). The zero-order chi connectivity index (χ0) is 13.9. The molecule has 0 saturated heterocycles. The lowest BCUT2D eigenvalue weighted by molar-refractivity contribution is 0.0527. The number of nitrogens with one attached hydrogen (secondary N) is 1. The molecule has 0 aliphatic carbocycles. The quantitative estimate of drug-likeness (QED) is 0.529. The number of hydrogen-bond acceptors (Lipinski definition) is 2. The van der Waals surface area contributed by atoms with Crippen molar-refractivity contribution >= 4 is 6.09 Å². The molecule has 0 heterocycles. The van der Waals surface area contributed by atoms with Gasteiger partial charge in [0.15, 0.2) is 0 Å². The van der Waals surface area contributed by atoms with Crippen LogP contribution in [0.25, 0.3) is 4.85 Å². The molecule has 0 aromatic heterocycles. The minimum atomic E-state index is -0.424. The second-order valence-electron chi connectivity index (χ2n) is 5.43. The molecular formula is C14H26N2O2. The van der Waals surface area contributed by atoms with Crippen LogP contribution in [0.3, 0.4) is 0 Å². The van der Waals surface area contributed by atoms with Gasteiger partial charge in [-0.15, -0.1) is 0 Å². The number of unbranched alkanes of at least 4 members (excludes halogenated alkanes) is 5. The molecule has 0 aliphatic heterocycles. The van der Waals surface area contributed by atoms with Crippen LogP contribution in [0.1, 0.15) is 59.3 Å². The van der Waals surface area contributed by atoms with Gasteiger partial charge < -0.3 is 14.9 Å². The zero-order valence-electron chi connectivity index (χ0n) is 11.9. The first-order valence-electron chi connectivity index (χ1n) is 6.76. The predicted molar refractivity (Wildman–Crippen MR) is 73.4 cm³/mol. The van der Waals surface area contributed by atoms with Gasteiger partial charge in [0, 0.05) is 13.0 Å². The monoisotopic (exact) mass is 254 g/mol. The van der Waals surface area contributed by atoms with E-state index in [1.807, 2.05) is 20.8 Å². The summed E-state index contributed by atoms with van der Waals surface area (Å²) >= 11 is 0. The van der Waals surface area contributed by atoms with Crippen molar-refractivity contribution in [3.8, 4) is 0 Å². The lowest BCUT2D eigenvalue weighted by atomic mass is 10.1. The van der Waals surface area contributed by atoms with E-state index >= 15 is 0 Å². The topological polar surface area (TPSA) is 42.7 Å². The first-order chi connectivity index (χ1) is 8.45. The molecule has 0 bridgehead atoms. The van der Waals surface area contributed by atoms with E-state index in [2.05, 4.69) is 10.2 Å². The highest BCUT2D eigenvalue weighted by Crippen LogP contribution is 2.07. The zero-order valence-corrected chi connectivity index (χ0v) is 11.9. The highest BCUT2D eigenvalue weighted by Gasteiger charge is 2.15. The van der Waals surface area contributed by atoms with Crippen molar-refractivity contribution in [3.05, 3.63) is 11.4 Å². The van der Waals surface area contributed by atoms with Gasteiger partial charge in [0.1, 0.15) is 5.60 Å². The number of nitrogens with zero attached hydrogens (tertiary/aromatic N) is 1. The number of carbonyl (C=O) groups excluding carboxylic acids is 1. The van der Waals surface area contributed by atoms with E-state index < -0.39 is 5.60 Å². The van der Waals surface area contributed by atoms with Gasteiger partial charge in [-0.25, -0.2) is 11.4 Å².